The highest BCUT2D eigenvalue weighted by Crippen LogP contribution is 2.40. The number of hydrogen-bond acceptors (Lipinski definition) is 4. The van der Waals surface area contributed by atoms with E-state index in [9.17, 15) is 0 Å². The Balaban J connectivity index is 1.17. The van der Waals surface area contributed by atoms with E-state index in [1.165, 1.54) is 11.1 Å². The van der Waals surface area contributed by atoms with E-state index in [0.717, 1.165) is 66.0 Å². The molecule has 0 atom stereocenters. The first kappa shape index (κ1) is 28.2. The summed E-state index contributed by atoms with van der Waals surface area (Å²) in [5, 5.41) is 4.45. The van der Waals surface area contributed by atoms with Crippen LogP contribution in [0, 0.1) is 0 Å². The molecule has 234 valence electrons. The summed E-state index contributed by atoms with van der Waals surface area (Å²) in [6.07, 6.45) is 0. The van der Waals surface area contributed by atoms with Crippen LogP contribution < -0.4 is 0 Å². The van der Waals surface area contributed by atoms with Crippen LogP contribution in [0.4, 0.5) is 0 Å². The summed E-state index contributed by atoms with van der Waals surface area (Å²) in [7, 11) is 0. The van der Waals surface area contributed by atoms with Gasteiger partial charge >= 0.3 is 0 Å². The third-order valence-electron chi connectivity index (χ3n) is 9.48. The molecule has 3 heterocycles. The molecule has 0 aliphatic heterocycles. The van der Waals surface area contributed by atoms with Crippen LogP contribution in [-0.4, -0.2) is 19.5 Å². The van der Waals surface area contributed by atoms with Gasteiger partial charge in [-0.25, -0.2) is 4.98 Å². The monoisotopic (exact) mass is 640 g/mol. The summed E-state index contributed by atoms with van der Waals surface area (Å²) in [5.74, 6) is 1.83. The van der Waals surface area contributed by atoms with Crippen molar-refractivity contribution >= 4 is 43.7 Å². The Bertz CT molecular complexity index is 2800. The van der Waals surface area contributed by atoms with Crippen LogP contribution in [0.15, 0.2) is 174 Å². The molecule has 0 fully saturated rings. The summed E-state index contributed by atoms with van der Waals surface area (Å²) in [6.45, 7) is 0. The minimum Gasteiger partial charge on any atom is -0.455 e. The van der Waals surface area contributed by atoms with Crippen LogP contribution in [0.5, 0.6) is 0 Å². The van der Waals surface area contributed by atoms with Gasteiger partial charge in [-0.05, 0) is 47.0 Å². The lowest BCUT2D eigenvalue weighted by Gasteiger charge is -2.11. The third kappa shape index (κ3) is 4.60. The predicted octanol–water partition coefficient (Wildman–Crippen LogP) is 11.5. The number of rotatable bonds is 5. The number of benzene rings is 7. The first-order chi connectivity index (χ1) is 24.8. The molecule has 5 heteroatoms. The highest BCUT2D eigenvalue weighted by molar-refractivity contribution is 6.13. The Morgan fingerprint density at radius 1 is 0.380 bits per heavy atom. The Kier molecular flexibility index (Phi) is 6.42. The van der Waals surface area contributed by atoms with Crippen molar-refractivity contribution in [1.29, 1.82) is 0 Å². The van der Waals surface area contributed by atoms with Gasteiger partial charge in [-0.1, -0.05) is 140 Å². The number of furan rings is 1. The van der Waals surface area contributed by atoms with E-state index in [2.05, 4.69) is 108 Å². The second-order valence-electron chi connectivity index (χ2n) is 12.5. The summed E-state index contributed by atoms with van der Waals surface area (Å²) >= 11 is 0. The molecule has 10 aromatic rings. The van der Waals surface area contributed by atoms with Crippen molar-refractivity contribution in [1.82, 2.24) is 19.5 Å². The molecule has 0 saturated carbocycles. The predicted molar refractivity (Wildman–Crippen MR) is 203 cm³/mol. The minimum atomic E-state index is 0.574. The van der Waals surface area contributed by atoms with Gasteiger partial charge < -0.3 is 4.42 Å². The molecule has 0 unspecified atom stereocenters. The van der Waals surface area contributed by atoms with Crippen LogP contribution in [0.3, 0.4) is 0 Å². The van der Waals surface area contributed by atoms with Crippen molar-refractivity contribution in [3.05, 3.63) is 170 Å². The zero-order valence-corrected chi connectivity index (χ0v) is 26.9. The second kappa shape index (κ2) is 11.4. The molecule has 50 heavy (non-hydrogen) atoms. The van der Waals surface area contributed by atoms with Gasteiger partial charge in [0.25, 0.3) is 0 Å². The van der Waals surface area contributed by atoms with E-state index in [1.807, 2.05) is 66.7 Å². The molecule has 3 aromatic heterocycles. The van der Waals surface area contributed by atoms with Gasteiger partial charge in [0, 0.05) is 38.2 Å². The Morgan fingerprint density at radius 3 is 1.68 bits per heavy atom. The number of para-hydroxylation sites is 2. The van der Waals surface area contributed by atoms with E-state index < -0.39 is 0 Å². The minimum absolute atomic E-state index is 0.574. The van der Waals surface area contributed by atoms with Crippen LogP contribution in [-0.2, 0) is 0 Å². The van der Waals surface area contributed by atoms with Gasteiger partial charge in [0.15, 0.2) is 11.6 Å². The normalized spacial score (nSPS) is 11.6. The molecule has 0 saturated heterocycles. The topological polar surface area (TPSA) is 56.7 Å². The molecule has 0 aliphatic carbocycles. The van der Waals surface area contributed by atoms with Gasteiger partial charge in [-0.15, -0.1) is 0 Å². The van der Waals surface area contributed by atoms with E-state index in [-0.39, 0.29) is 0 Å². The van der Waals surface area contributed by atoms with Gasteiger partial charge in [-0.2, -0.15) is 9.97 Å². The summed E-state index contributed by atoms with van der Waals surface area (Å²) in [4.78, 5) is 15.1. The molecule has 0 spiro atoms. The summed E-state index contributed by atoms with van der Waals surface area (Å²) in [6, 6.07) is 58.6. The number of hydrogen-bond donors (Lipinski definition) is 0. The highest BCUT2D eigenvalue weighted by atomic mass is 16.3. The number of aromatic nitrogens is 4. The molecular formula is C45H28N4O. The van der Waals surface area contributed by atoms with Crippen molar-refractivity contribution in [2.24, 2.45) is 0 Å². The first-order valence-electron chi connectivity index (χ1n) is 16.7. The fourth-order valence-corrected chi connectivity index (χ4v) is 7.09. The average molecular weight is 641 g/mol. The molecule has 5 nitrogen and oxygen atoms in total. The van der Waals surface area contributed by atoms with Gasteiger partial charge in [0.05, 0.1) is 11.0 Å². The lowest BCUT2D eigenvalue weighted by atomic mass is 9.99. The largest absolute Gasteiger partial charge is 0.455 e. The van der Waals surface area contributed by atoms with E-state index >= 15 is 0 Å². The van der Waals surface area contributed by atoms with Crippen molar-refractivity contribution < 1.29 is 4.42 Å². The van der Waals surface area contributed by atoms with Crippen molar-refractivity contribution in [3.8, 4) is 51.0 Å². The van der Waals surface area contributed by atoms with Crippen molar-refractivity contribution in [2.45, 2.75) is 0 Å². The van der Waals surface area contributed by atoms with Crippen LogP contribution >= 0.6 is 0 Å². The van der Waals surface area contributed by atoms with E-state index in [4.69, 9.17) is 19.4 Å². The highest BCUT2D eigenvalue weighted by Gasteiger charge is 2.19. The van der Waals surface area contributed by atoms with Crippen LogP contribution in [0.1, 0.15) is 0 Å². The molecule has 0 bridgehead atoms. The maximum absolute atomic E-state index is 6.58. The molecule has 7 aromatic carbocycles. The Hall–Kier alpha value is -6.85. The molecule has 0 radical (unpaired) electrons. The summed E-state index contributed by atoms with van der Waals surface area (Å²) < 4.78 is 8.74. The maximum Gasteiger partial charge on any atom is 0.238 e. The molecule has 0 aliphatic rings. The lowest BCUT2D eigenvalue weighted by Crippen LogP contribution is -2.06. The number of fused-ring (bicyclic) bond motifs is 6. The second-order valence-corrected chi connectivity index (χ2v) is 12.5. The maximum atomic E-state index is 6.58. The SMILES string of the molecule is c1ccc(-c2ccc3oc4c(-c5ccc6c(c5)c5ccccc5n6-c5nc(-c6ccccc6)nc(-c6ccccc6)n5)cccc4c3c2)cc1. The first-order valence-corrected chi connectivity index (χ1v) is 16.7. The van der Waals surface area contributed by atoms with Crippen LogP contribution in [0.25, 0.3) is 94.7 Å². The zero-order valence-electron chi connectivity index (χ0n) is 26.9. The molecule has 0 amide bonds. The molecular weight excluding hydrogens is 613 g/mol. The van der Waals surface area contributed by atoms with E-state index in [0.29, 0.717) is 17.6 Å². The average Bonchev–Trinajstić information content (AvgIpc) is 3.74. The zero-order chi connectivity index (χ0) is 33.0. The molecule has 0 N–H and O–H groups in total. The fraction of sp³-hybridized carbons (Fsp3) is 0. The summed E-state index contributed by atoms with van der Waals surface area (Å²) in [5.41, 5.74) is 10.2. The standard InChI is InChI=1S/C45H28N4O/c1-4-13-29(14-5-1)32-24-26-41-38(27-32)36-21-12-20-34(42(36)50-41)33-23-25-40-37(28-33)35-19-10-11-22-39(35)49(40)45-47-43(30-15-6-2-7-16-30)46-44(48-45)31-17-8-3-9-18-31/h1-28H. The fourth-order valence-electron chi connectivity index (χ4n) is 7.09. The van der Waals surface area contributed by atoms with E-state index in [1.54, 1.807) is 0 Å². The van der Waals surface area contributed by atoms with Gasteiger partial charge in [-0.3, -0.25) is 4.57 Å². The quantitative estimate of drug-likeness (QED) is 0.188. The van der Waals surface area contributed by atoms with Gasteiger partial charge in [0.2, 0.25) is 5.95 Å². The van der Waals surface area contributed by atoms with Crippen molar-refractivity contribution in [3.63, 3.8) is 0 Å². The van der Waals surface area contributed by atoms with Gasteiger partial charge in [0.1, 0.15) is 11.2 Å². The van der Waals surface area contributed by atoms with Crippen molar-refractivity contribution in [2.75, 3.05) is 0 Å². The lowest BCUT2D eigenvalue weighted by molar-refractivity contribution is 0.670. The number of nitrogens with zero attached hydrogens (tertiary/aromatic N) is 4. The van der Waals surface area contributed by atoms with Crippen LogP contribution in [0.2, 0.25) is 0 Å². The third-order valence-corrected chi connectivity index (χ3v) is 9.48. The Morgan fingerprint density at radius 2 is 0.960 bits per heavy atom. The molecule has 10 rings (SSSR count). The Labute approximate surface area is 287 Å². The smallest absolute Gasteiger partial charge is 0.238 e.